The normalized spacial score (nSPS) is 25.8. The number of alkyl halides is 3. The Morgan fingerprint density at radius 3 is 2.92 bits per heavy atom. The highest BCUT2D eigenvalue weighted by Crippen LogP contribution is 2.47. The van der Waals surface area contributed by atoms with Crippen LogP contribution in [0.25, 0.3) is 0 Å². The average molecular weight is 348 g/mol. The molecule has 1 aromatic heterocycles. The maximum absolute atomic E-state index is 13.4. The lowest BCUT2D eigenvalue weighted by atomic mass is 9.70. The fourth-order valence-corrected chi connectivity index (χ4v) is 3.75. The first-order chi connectivity index (χ1) is 13.0. The minimum atomic E-state index is -4.61. The zero-order valence-electron chi connectivity index (χ0n) is 15.8. The SMILES string of the molecule is [2H]C([2H])([2H])N=C1NC(=O)[C@]2(CCc3ncccc32)c2cc(C(F)(F)F)ccc21. The number of benzene rings is 1. The predicted molar refractivity (Wildman–Crippen MR) is 85.4 cm³/mol. The van der Waals surface area contributed by atoms with Crippen LogP contribution < -0.4 is 5.32 Å². The smallest absolute Gasteiger partial charge is 0.309 e. The van der Waals surface area contributed by atoms with Gasteiger partial charge in [0, 0.05) is 28.5 Å². The summed E-state index contributed by atoms with van der Waals surface area (Å²) in [5.74, 6) is -0.856. The summed E-state index contributed by atoms with van der Waals surface area (Å²) in [4.78, 5) is 20.9. The van der Waals surface area contributed by atoms with E-state index in [1.807, 2.05) is 0 Å². The Kier molecular flexibility index (Phi) is 2.60. The zero-order chi connectivity index (χ0) is 20.3. The molecule has 0 radical (unpaired) electrons. The van der Waals surface area contributed by atoms with Crippen LogP contribution in [0.15, 0.2) is 41.5 Å². The van der Waals surface area contributed by atoms with Crippen molar-refractivity contribution in [2.75, 3.05) is 6.98 Å². The number of rotatable bonds is 0. The lowest BCUT2D eigenvalue weighted by Gasteiger charge is -2.36. The minimum Gasteiger partial charge on any atom is -0.309 e. The molecule has 2 aliphatic rings. The maximum atomic E-state index is 13.4. The van der Waals surface area contributed by atoms with E-state index in [0.29, 0.717) is 17.7 Å². The topological polar surface area (TPSA) is 54.4 Å². The number of halogens is 3. The van der Waals surface area contributed by atoms with Crippen LogP contribution >= 0.6 is 0 Å². The van der Waals surface area contributed by atoms with Crippen molar-refractivity contribution in [3.05, 3.63) is 64.5 Å². The number of hydrogen-bond donors (Lipinski definition) is 1. The summed E-state index contributed by atoms with van der Waals surface area (Å²) >= 11 is 0. The van der Waals surface area contributed by atoms with Gasteiger partial charge < -0.3 is 5.32 Å². The number of amides is 1. The van der Waals surface area contributed by atoms with E-state index in [9.17, 15) is 18.0 Å². The van der Waals surface area contributed by atoms with Gasteiger partial charge >= 0.3 is 6.18 Å². The first kappa shape index (κ1) is 12.6. The molecule has 1 N–H and O–H groups in total. The van der Waals surface area contributed by atoms with Gasteiger partial charge in [0.1, 0.15) is 11.3 Å². The molecule has 1 amide bonds. The zero-order valence-corrected chi connectivity index (χ0v) is 12.8. The van der Waals surface area contributed by atoms with E-state index in [0.717, 1.165) is 18.2 Å². The highest BCUT2D eigenvalue weighted by molar-refractivity contribution is 6.17. The van der Waals surface area contributed by atoms with E-state index in [1.54, 1.807) is 18.3 Å². The lowest BCUT2D eigenvalue weighted by molar-refractivity contribution is -0.138. The van der Waals surface area contributed by atoms with E-state index < -0.39 is 30.0 Å². The van der Waals surface area contributed by atoms with Crippen LogP contribution in [-0.2, 0) is 22.8 Å². The number of carbonyl (C=O) groups excluding carboxylic acids is 1. The van der Waals surface area contributed by atoms with Crippen molar-refractivity contribution in [1.82, 2.24) is 10.3 Å². The third-order valence-corrected chi connectivity index (χ3v) is 4.88. The Balaban J connectivity index is 2.03. The van der Waals surface area contributed by atoms with E-state index in [1.165, 1.54) is 0 Å². The fourth-order valence-electron chi connectivity index (χ4n) is 3.75. The molecule has 4 rings (SSSR count). The summed E-state index contributed by atoms with van der Waals surface area (Å²) in [6.45, 7) is -2.75. The fraction of sp³-hybridized carbons (Fsp3) is 0.278. The Bertz CT molecular complexity index is 1020. The molecule has 128 valence electrons. The Morgan fingerprint density at radius 1 is 1.32 bits per heavy atom. The number of fused-ring (bicyclic) bond motifs is 4. The number of nitrogens with zero attached hydrogens (tertiary/aromatic N) is 2. The number of aliphatic imine (C=N–C) groups is 1. The Hall–Kier alpha value is -2.70. The number of aromatic nitrogens is 1. The second kappa shape index (κ2) is 5.15. The summed E-state index contributed by atoms with van der Waals surface area (Å²) in [6.07, 6.45) is -2.39. The van der Waals surface area contributed by atoms with Crippen LogP contribution in [0.1, 0.15) is 38.5 Å². The van der Waals surface area contributed by atoms with Crippen LogP contribution in [0.4, 0.5) is 13.2 Å². The molecule has 1 atom stereocenters. The second-order valence-corrected chi connectivity index (χ2v) is 6.08. The standard InChI is InChI=1S/C18H14F3N3O/c1-22-15-11-5-4-10(18(19,20)21)9-13(11)17(16(25)24-15)7-6-14-12(17)3-2-8-23-14/h2-5,8-9H,6-7H2,1H3,(H,22,24,25)/t17-/m0/s1/i1D3. The van der Waals surface area contributed by atoms with Gasteiger partial charge in [0.2, 0.25) is 5.91 Å². The molecule has 4 nitrogen and oxygen atoms in total. The van der Waals surface area contributed by atoms with Crippen LogP contribution in [-0.4, -0.2) is 23.7 Å². The van der Waals surface area contributed by atoms with Crippen LogP contribution in [0.2, 0.25) is 0 Å². The number of carbonyl (C=O) groups is 1. The molecule has 1 aromatic carbocycles. The molecule has 0 fully saturated rings. The molecule has 1 aliphatic carbocycles. The molecule has 1 aliphatic heterocycles. The van der Waals surface area contributed by atoms with Gasteiger partial charge in [0.25, 0.3) is 0 Å². The highest BCUT2D eigenvalue weighted by atomic mass is 19.4. The van der Waals surface area contributed by atoms with E-state index in [-0.39, 0.29) is 23.4 Å². The second-order valence-electron chi connectivity index (χ2n) is 6.08. The number of amidine groups is 1. The van der Waals surface area contributed by atoms with Gasteiger partial charge in [-0.3, -0.25) is 14.8 Å². The van der Waals surface area contributed by atoms with Crippen molar-refractivity contribution < 1.29 is 22.1 Å². The summed E-state index contributed by atoms with van der Waals surface area (Å²) in [5.41, 5.74) is -0.848. The van der Waals surface area contributed by atoms with Gasteiger partial charge in [-0.15, -0.1) is 0 Å². The van der Waals surface area contributed by atoms with Crippen molar-refractivity contribution in [2.45, 2.75) is 24.4 Å². The summed E-state index contributed by atoms with van der Waals surface area (Å²) in [7, 11) is 0. The van der Waals surface area contributed by atoms with Crippen molar-refractivity contribution in [1.29, 1.82) is 0 Å². The van der Waals surface area contributed by atoms with Crippen molar-refractivity contribution in [2.24, 2.45) is 4.99 Å². The van der Waals surface area contributed by atoms with Crippen LogP contribution in [0, 0.1) is 0 Å². The number of nitrogens with one attached hydrogen (secondary N) is 1. The molecule has 7 heteroatoms. The van der Waals surface area contributed by atoms with E-state index in [2.05, 4.69) is 15.3 Å². The Morgan fingerprint density at radius 2 is 2.16 bits per heavy atom. The molecule has 25 heavy (non-hydrogen) atoms. The Labute approximate surface area is 146 Å². The third kappa shape index (κ3) is 2.11. The lowest BCUT2D eigenvalue weighted by Crippen LogP contribution is -2.52. The molecule has 0 saturated heterocycles. The van der Waals surface area contributed by atoms with Crippen LogP contribution in [0.3, 0.4) is 0 Å². The number of hydrogen-bond acceptors (Lipinski definition) is 3. The quantitative estimate of drug-likeness (QED) is 0.796. The van der Waals surface area contributed by atoms with Crippen LogP contribution in [0.5, 0.6) is 0 Å². The van der Waals surface area contributed by atoms with Gasteiger partial charge in [-0.1, -0.05) is 12.1 Å². The molecule has 2 aromatic rings. The largest absolute Gasteiger partial charge is 0.416 e. The highest BCUT2D eigenvalue weighted by Gasteiger charge is 2.52. The first-order valence-electron chi connectivity index (χ1n) is 9.10. The molecule has 0 unspecified atom stereocenters. The molecule has 1 spiro atoms. The van der Waals surface area contributed by atoms with Crippen molar-refractivity contribution in [3.8, 4) is 0 Å². The van der Waals surface area contributed by atoms with Gasteiger partial charge in [-0.2, -0.15) is 13.2 Å². The van der Waals surface area contributed by atoms with E-state index >= 15 is 0 Å². The summed E-state index contributed by atoms with van der Waals surface area (Å²) in [5, 5.41) is 2.50. The third-order valence-electron chi connectivity index (χ3n) is 4.88. The number of pyridine rings is 1. The summed E-state index contributed by atoms with van der Waals surface area (Å²) in [6, 6.07) is 6.24. The molecular weight excluding hydrogens is 331 g/mol. The minimum absolute atomic E-state index is 0.0980. The first-order valence-corrected chi connectivity index (χ1v) is 7.60. The van der Waals surface area contributed by atoms with E-state index in [4.69, 9.17) is 4.11 Å². The molecule has 2 heterocycles. The predicted octanol–water partition coefficient (Wildman–Crippen LogP) is 2.84. The van der Waals surface area contributed by atoms with Gasteiger partial charge in [0.05, 0.1) is 5.56 Å². The van der Waals surface area contributed by atoms with Gasteiger partial charge in [-0.25, -0.2) is 0 Å². The van der Waals surface area contributed by atoms with Gasteiger partial charge in [-0.05, 0) is 42.2 Å². The molecule has 0 bridgehead atoms. The van der Waals surface area contributed by atoms with Crippen molar-refractivity contribution in [3.63, 3.8) is 0 Å². The maximum Gasteiger partial charge on any atom is 0.416 e. The molecule has 0 saturated carbocycles. The summed E-state index contributed by atoms with van der Waals surface area (Å²) < 4.78 is 62.1. The number of aryl methyl sites for hydroxylation is 1. The van der Waals surface area contributed by atoms with Gasteiger partial charge in [0.15, 0.2) is 0 Å². The average Bonchev–Trinajstić information content (AvgIpc) is 2.98. The molecular formula is C18H14F3N3O. The monoisotopic (exact) mass is 348 g/mol. The van der Waals surface area contributed by atoms with Crippen molar-refractivity contribution >= 4 is 11.7 Å².